The number of thiazole rings is 1. The number of ether oxygens (including phenoxy) is 1. The summed E-state index contributed by atoms with van der Waals surface area (Å²) in [5, 5.41) is 14.0. The van der Waals surface area contributed by atoms with Crippen molar-refractivity contribution in [3.63, 3.8) is 0 Å². The monoisotopic (exact) mass is 416 g/mol. The topological polar surface area (TPSA) is 91.2 Å². The first-order chi connectivity index (χ1) is 13.7. The molecule has 0 radical (unpaired) electrons. The van der Waals surface area contributed by atoms with Gasteiger partial charge in [-0.2, -0.15) is 4.52 Å². The van der Waals surface area contributed by atoms with Gasteiger partial charge in [-0.05, 0) is 55.3 Å². The Hall–Kier alpha value is -2.46. The minimum atomic E-state index is -0.945. The summed E-state index contributed by atoms with van der Waals surface area (Å²) in [5.74, 6) is 0.384. The average Bonchev–Trinajstić information content (AvgIpc) is 3.26. The zero-order valence-electron chi connectivity index (χ0n) is 14.8. The maximum absolute atomic E-state index is 14.1. The number of fused-ring (bicyclic) bond motifs is 2. The quantitative estimate of drug-likeness (QED) is 0.535. The molecule has 3 aromatic heterocycles. The number of hydrogen-bond acceptors (Lipinski definition) is 8. The molecule has 1 aromatic carbocycles. The standard InChI is InChI=1S/C18H17FN6OS2/c19-11-3-1-2-4-13(11)26-16-8-7-15-22-23-18(25(15)24-16)27-10-5-6-12-14(9-10)28-17(20)21-12/h5-9,11,13H,1-4H2,(H2,20,21)/t11-,13-/m1/s1. The first kappa shape index (κ1) is 17.6. The summed E-state index contributed by atoms with van der Waals surface area (Å²) in [6.07, 6.45) is 1.76. The Kier molecular flexibility index (Phi) is 4.52. The molecule has 28 heavy (non-hydrogen) atoms. The lowest BCUT2D eigenvalue weighted by atomic mass is 9.96. The normalized spacial score (nSPS) is 20.0. The lowest BCUT2D eigenvalue weighted by molar-refractivity contribution is 0.0591. The minimum Gasteiger partial charge on any atom is -0.470 e. The van der Waals surface area contributed by atoms with Crippen LogP contribution in [0.15, 0.2) is 40.4 Å². The maximum Gasteiger partial charge on any atom is 0.232 e. The molecule has 0 aliphatic heterocycles. The van der Waals surface area contributed by atoms with Crippen LogP contribution in [0.5, 0.6) is 5.88 Å². The van der Waals surface area contributed by atoms with E-state index in [4.69, 9.17) is 10.5 Å². The van der Waals surface area contributed by atoms with E-state index in [1.165, 1.54) is 23.1 Å². The number of hydrogen-bond donors (Lipinski definition) is 1. The SMILES string of the molecule is Nc1nc2ccc(Sc3nnc4ccc(O[C@@H]5CCCC[C@H]5F)nn34)cc2s1. The second kappa shape index (κ2) is 7.17. The van der Waals surface area contributed by atoms with Crippen LogP contribution >= 0.6 is 23.1 Å². The molecule has 2 atom stereocenters. The van der Waals surface area contributed by atoms with Crippen molar-refractivity contribution in [3.8, 4) is 5.88 Å². The molecule has 5 rings (SSSR count). The van der Waals surface area contributed by atoms with Crippen molar-refractivity contribution in [2.45, 2.75) is 48.0 Å². The summed E-state index contributed by atoms with van der Waals surface area (Å²) in [5.41, 5.74) is 7.26. The van der Waals surface area contributed by atoms with Crippen LogP contribution in [0.2, 0.25) is 0 Å². The van der Waals surface area contributed by atoms with E-state index >= 15 is 0 Å². The van der Waals surface area contributed by atoms with Gasteiger partial charge < -0.3 is 10.5 Å². The first-order valence-corrected chi connectivity index (χ1v) is 10.7. The summed E-state index contributed by atoms with van der Waals surface area (Å²) in [7, 11) is 0. The number of nitrogens with zero attached hydrogens (tertiary/aromatic N) is 5. The van der Waals surface area contributed by atoms with Gasteiger partial charge in [-0.25, -0.2) is 9.37 Å². The predicted octanol–water partition coefficient (Wildman–Crippen LogP) is 4.13. The van der Waals surface area contributed by atoms with Gasteiger partial charge in [0.15, 0.2) is 10.8 Å². The van der Waals surface area contributed by atoms with Crippen molar-refractivity contribution in [2.75, 3.05) is 5.73 Å². The van der Waals surface area contributed by atoms with Gasteiger partial charge in [0.25, 0.3) is 0 Å². The lowest BCUT2D eigenvalue weighted by Gasteiger charge is -2.25. The highest BCUT2D eigenvalue weighted by atomic mass is 32.2. The number of nitrogens with two attached hydrogens (primary N) is 1. The number of anilines is 1. The van der Waals surface area contributed by atoms with Gasteiger partial charge in [0.1, 0.15) is 12.3 Å². The Morgan fingerprint density at radius 2 is 2.07 bits per heavy atom. The zero-order valence-corrected chi connectivity index (χ0v) is 16.4. The molecule has 0 unspecified atom stereocenters. The van der Waals surface area contributed by atoms with Crippen LogP contribution in [-0.4, -0.2) is 37.1 Å². The fraction of sp³-hybridized carbons (Fsp3) is 0.333. The molecule has 1 aliphatic rings. The molecule has 0 amide bonds. The molecule has 4 aromatic rings. The molecule has 1 saturated carbocycles. The van der Waals surface area contributed by atoms with E-state index in [1.807, 2.05) is 18.2 Å². The van der Waals surface area contributed by atoms with Crippen LogP contribution in [0.1, 0.15) is 25.7 Å². The number of nitrogen functional groups attached to an aromatic ring is 1. The van der Waals surface area contributed by atoms with E-state index < -0.39 is 12.3 Å². The van der Waals surface area contributed by atoms with Gasteiger partial charge in [-0.3, -0.25) is 0 Å². The average molecular weight is 417 g/mol. The van der Waals surface area contributed by atoms with Gasteiger partial charge in [0, 0.05) is 11.0 Å². The van der Waals surface area contributed by atoms with Gasteiger partial charge >= 0.3 is 0 Å². The van der Waals surface area contributed by atoms with Crippen LogP contribution in [0.3, 0.4) is 0 Å². The molecule has 0 saturated heterocycles. The molecule has 1 fully saturated rings. The number of aromatic nitrogens is 5. The second-order valence-electron chi connectivity index (χ2n) is 6.66. The summed E-state index contributed by atoms with van der Waals surface area (Å²) in [6, 6.07) is 9.41. The van der Waals surface area contributed by atoms with Gasteiger partial charge in [0.2, 0.25) is 11.0 Å². The highest BCUT2D eigenvalue weighted by molar-refractivity contribution is 7.99. The van der Waals surface area contributed by atoms with Crippen molar-refractivity contribution >= 4 is 44.1 Å². The van der Waals surface area contributed by atoms with Crippen molar-refractivity contribution in [1.29, 1.82) is 0 Å². The summed E-state index contributed by atoms with van der Waals surface area (Å²) < 4.78 is 22.5. The molecule has 10 heteroatoms. The van der Waals surface area contributed by atoms with Gasteiger partial charge in [-0.15, -0.1) is 15.3 Å². The molecule has 1 aliphatic carbocycles. The van der Waals surface area contributed by atoms with Crippen LogP contribution < -0.4 is 10.5 Å². The zero-order chi connectivity index (χ0) is 19.1. The molecule has 144 valence electrons. The highest BCUT2D eigenvalue weighted by Crippen LogP contribution is 2.32. The maximum atomic E-state index is 14.1. The van der Waals surface area contributed by atoms with Crippen LogP contribution in [0, 0.1) is 0 Å². The first-order valence-electron chi connectivity index (χ1n) is 9.03. The van der Waals surface area contributed by atoms with Crippen molar-refractivity contribution in [1.82, 2.24) is 24.8 Å². The Balaban J connectivity index is 1.42. The second-order valence-corrected chi connectivity index (χ2v) is 8.77. The Morgan fingerprint density at radius 3 is 2.96 bits per heavy atom. The van der Waals surface area contributed by atoms with E-state index in [-0.39, 0.29) is 0 Å². The molecule has 7 nitrogen and oxygen atoms in total. The van der Waals surface area contributed by atoms with E-state index in [9.17, 15) is 4.39 Å². The van der Waals surface area contributed by atoms with Crippen LogP contribution in [0.4, 0.5) is 9.52 Å². The number of alkyl halides is 1. The highest BCUT2D eigenvalue weighted by Gasteiger charge is 2.27. The summed E-state index contributed by atoms with van der Waals surface area (Å²) in [4.78, 5) is 5.25. The molecular formula is C18H17FN6OS2. The lowest BCUT2D eigenvalue weighted by Crippen LogP contribution is -2.32. The summed E-state index contributed by atoms with van der Waals surface area (Å²) in [6.45, 7) is 0. The fourth-order valence-corrected chi connectivity index (χ4v) is 4.98. The third-order valence-electron chi connectivity index (χ3n) is 4.69. The van der Waals surface area contributed by atoms with E-state index in [2.05, 4.69) is 20.3 Å². The number of benzene rings is 1. The smallest absolute Gasteiger partial charge is 0.232 e. The van der Waals surface area contributed by atoms with E-state index in [1.54, 1.807) is 16.6 Å². The van der Waals surface area contributed by atoms with Crippen LogP contribution in [0.25, 0.3) is 15.9 Å². The predicted molar refractivity (Wildman–Crippen MR) is 107 cm³/mol. The number of rotatable bonds is 4. The molecule has 0 spiro atoms. The van der Waals surface area contributed by atoms with Crippen molar-refractivity contribution in [2.24, 2.45) is 0 Å². The molecule has 0 bridgehead atoms. The Bertz CT molecular complexity index is 1150. The summed E-state index contributed by atoms with van der Waals surface area (Å²) >= 11 is 2.88. The molecular weight excluding hydrogens is 399 g/mol. The Labute approximate surface area is 168 Å². The van der Waals surface area contributed by atoms with Crippen molar-refractivity contribution in [3.05, 3.63) is 30.3 Å². The largest absolute Gasteiger partial charge is 0.470 e. The third-order valence-corrected chi connectivity index (χ3v) is 6.46. The van der Waals surface area contributed by atoms with E-state index in [0.29, 0.717) is 34.7 Å². The Morgan fingerprint density at radius 1 is 1.18 bits per heavy atom. The van der Waals surface area contributed by atoms with E-state index in [0.717, 1.165) is 28.0 Å². The van der Waals surface area contributed by atoms with Crippen LogP contribution in [-0.2, 0) is 0 Å². The molecule has 3 heterocycles. The number of halogens is 1. The minimum absolute atomic E-state index is 0.384. The van der Waals surface area contributed by atoms with Gasteiger partial charge in [-0.1, -0.05) is 17.8 Å². The van der Waals surface area contributed by atoms with Crippen molar-refractivity contribution < 1.29 is 9.13 Å². The molecule has 2 N–H and O–H groups in total. The third kappa shape index (κ3) is 3.37. The fourth-order valence-electron chi connectivity index (χ4n) is 3.31. The van der Waals surface area contributed by atoms with Gasteiger partial charge in [0.05, 0.1) is 10.2 Å².